The van der Waals surface area contributed by atoms with Crippen molar-refractivity contribution in [1.82, 2.24) is 9.55 Å². The van der Waals surface area contributed by atoms with Crippen LogP contribution in [-0.4, -0.2) is 21.2 Å². The van der Waals surface area contributed by atoms with E-state index in [-0.39, 0.29) is 11.7 Å². The monoisotopic (exact) mass is 419 g/mol. The number of nitrogens with zero attached hydrogens (tertiary/aromatic N) is 2. The van der Waals surface area contributed by atoms with E-state index in [0.29, 0.717) is 5.02 Å². The molecule has 4 aromatic rings. The molecule has 0 radical (unpaired) electrons. The van der Waals surface area contributed by atoms with E-state index in [1.54, 1.807) is 0 Å². The summed E-state index contributed by atoms with van der Waals surface area (Å²) in [5, 5.41) is 4.34. The van der Waals surface area contributed by atoms with Gasteiger partial charge in [-0.2, -0.15) is 0 Å². The van der Waals surface area contributed by atoms with Crippen molar-refractivity contribution in [2.75, 3.05) is 11.1 Å². The van der Waals surface area contributed by atoms with Crippen LogP contribution in [0.5, 0.6) is 0 Å². The standard InChI is InChI=1S/C23H18ClN3OS/c24-18-13-11-17(12-14-18)21-15-27(20-9-5-2-6-10-20)23(26-21)29-16-22(28)25-19-7-3-1-4-8-19/h1-15H,16H2,(H,25,28). The zero-order chi connectivity index (χ0) is 20.1. The lowest BCUT2D eigenvalue weighted by Crippen LogP contribution is -2.14. The van der Waals surface area contributed by atoms with Crippen LogP contribution in [-0.2, 0) is 4.79 Å². The topological polar surface area (TPSA) is 46.9 Å². The zero-order valence-corrected chi connectivity index (χ0v) is 17.0. The normalized spacial score (nSPS) is 10.7. The van der Waals surface area contributed by atoms with Gasteiger partial charge in [0.25, 0.3) is 0 Å². The second-order valence-corrected chi connectivity index (χ2v) is 7.70. The Kier molecular flexibility index (Phi) is 5.98. The highest BCUT2D eigenvalue weighted by molar-refractivity contribution is 7.99. The van der Waals surface area contributed by atoms with Crippen LogP contribution in [0.1, 0.15) is 0 Å². The fourth-order valence-corrected chi connectivity index (χ4v) is 3.77. The largest absolute Gasteiger partial charge is 0.325 e. The van der Waals surface area contributed by atoms with Gasteiger partial charge in [0.05, 0.1) is 11.4 Å². The van der Waals surface area contributed by atoms with Gasteiger partial charge in [-0.25, -0.2) is 4.98 Å². The minimum Gasteiger partial charge on any atom is -0.325 e. The van der Waals surface area contributed by atoms with Crippen LogP contribution in [0.2, 0.25) is 5.02 Å². The van der Waals surface area contributed by atoms with Crippen LogP contribution in [0.25, 0.3) is 16.9 Å². The molecule has 0 unspecified atom stereocenters. The highest BCUT2D eigenvalue weighted by atomic mass is 35.5. The molecule has 4 nitrogen and oxygen atoms in total. The van der Waals surface area contributed by atoms with Crippen molar-refractivity contribution in [3.05, 3.63) is 96.1 Å². The Hall–Kier alpha value is -3.02. The number of nitrogens with one attached hydrogen (secondary N) is 1. The van der Waals surface area contributed by atoms with Gasteiger partial charge in [-0.05, 0) is 36.4 Å². The fraction of sp³-hybridized carbons (Fsp3) is 0.0435. The number of thioether (sulfide) groups is 1. The Morgan fingerprint density at radius 2 is 1.59 bits per heavy atom. The molecule has 1 aromatic heterocycles. The van der Waals surface area contributed by atoms with Crippen LogP contribution < -0.4 is 5.32 Å². The summed E-state index contributed by atoms with van der Waals surface area (Å²) in [6.07, 6.45) is 1.98. The molecule has 0 aliphatic heterocycles. The predicted octanol–water partition coefficient (Wildman–Crippen LogP) is 5.92. The lowest BCUT2D eigenvalue weighted by Gasteiger charge is -2.07. The quantitative estimate of drug-likeness (QED) is 0.394. The Morgan fingerprint density at radius 3 is 2.28 bits per heavy atom. The first-order chi connectivity index (χ1) is 14.2. The molecule has 0 fully saturated rings. The molecule has 4 rings (SSSR count). The Bertz CT molecular complexity index is 1100. The lowest BCUT2D eigenvalue weighted by atomic mass is 10.2. The third-order valence-electron chi connectivity index (χ3n) is 4.24. The third kappa shape index (κ3) is 4.88. The summed E-state index contributed by atoms with van der Waals surface area (Å²) in [5.74, 6) is 0.190. The highest BCUT2D eigenvalue weighted by Crippen LogP contribution is 2.28. The number of hydrogen-bond acceptors (Lipinski definition) is 3. The van der Waals surface area contributed by atoms with Crippen LogP contribution in [0.15, 0.2) is 96.3 Å². The number of aromatic nitrogens is 2. The van der Waals surface area contributed by atoms with Crippen LogP contribution in [0, 0.1) is 0 Å². The van der Waals surface area contributed by atoms with E-state index in [4.69, 9.17) is 16.6 Å². The summed E-state index contributed by atoms with van der Waals surface area (Å²) >= 11 is 7.41. The summed E-state index contributed by atoms with van der Waals surface area (Å²) < 4.78 is 2.00. The van der Waals surface area contributed by atoms with Gasteiger partial charge in [0.15, 0.2) is 5.16 Å². The number of hydrogen-bond donors (Lipinski definition) is 1. The van der Waals surface area contributed by atoms with Crippen molar-refractivity contribution in [3.8, 4) is 16.9 Å². The Balaban J connectivity index is 1.57. The number of halogens is 1. The van der Waals surface area contributed by atoms with Crippen LogP contribution in [0.4, 0.5) is 5.69 Å². The van der Waals surface area contributed by atoms with Gasteiger partial charge in [-0.3, -0.25) is 9.36 Å². The van der Waals surface area contributed by atoms with Crippen molar-refractivity contribution < 1.29 is 4.79 Å². The summed E-state index contributed by atoms with van der Waals surface area (Å²) in [7, 11) is 0. The first-order valence-corrected chi connectivity index (χ1v) is 10.4. The fourth-order valence-electron chi connectivity index (χ4n) is 2.85. The molecule has 0 aliphatic carbocycles. The molecule has 144 valence electrons. The maximum atomic E-state index is 12.4. The first-order valence-electron chi connectivity index (χ1n) is 9.07. The van der Waals surface area contributed by atoms with E-state index in [2.05, 4.69) is 5.32 Å². The number of anilines is 1. The first kappa shape index (κ1) is 19.3. The molecule has 3 aromatic carbocycles. The average molecular weight is 420 g/mol. The third-order valence-corrected chi connectivity index (χ3v) is 5.44. The number of para-hydroxylation sites is 2. The van der Waals surface area contributed by atoms with E-state index in [1.165, 1.54) is 11.8 Å². The van der Waals surface area contributed by atoms with Crippen molar-refractivity contribution in [3.63, 3.8) is 0 Å². The number of carbonyl (C=O) groups excluding carboxylic acids is 1. The van der Waals surface area contributed by atoms with Gasteiger partial charge >= 0.3 is 0 Å². The van der Waals surface area contributed by atoms with Gasteiger partial charge in [0, 0.05) is 28.2 Å². The molecule has 0 spiro atoms. The second-order valence-electron chi connectivity index (χ2n) is 6.32. The number of imidazole rings is 1. The maximum absolute atomic E-state index is 12.4. The van der Waals surface area contributed by atoms with E-state index >= 15 is 0 Å². The lowest BCUT2D eigenvalue weighted by molar-refractivity contribution is -0.113. The number of rotatable bonds is 6. The minimum atomic E-state index is -0.0724. The van der Waals surface area contributed by atoms with Gasteiger partial charge in [0.1, 0.15) is 0 Å². The van der Waals surface area contributed by atoms with Crippen molar-refractivity contribution in [1.29, 1.82) is 0 Å². The molecule has 1 amide bonds. The highest BCUT2D eigenvalue weighted by Gasteiger charge is 2.14. The molecule has 0 bridgehead atoms. The summed E-state index contributed by atoms with van der Waals surface area (Å²) in [6, 6.07) is 27.0. The zero-order valence-electron chi connectivity index (χ0n) is 15.5. The Morgan fingerprint density at radius 1 is 0.931 bits per heavy atom. The number of carbonyl (C=O) groups is 1. The van der Waals surface area contributed by atoms with E-state index in [9.17, 15) is 4.79 Å². The molecule has 0 atom stereocenters. The molecule has 29 heavy (non-hydrogen) atoms. The molecule has 1 N–H and O–H groups in total. The summed E-state index contributed by atoms with van der Waals surface area (Å²) in [6.45, 7) is 0. The number of benzene rings is 3. The summed E-state index contributed by atoms with van der Waals surface area (Å²) in [4.78, 5) is 17.1. The molecular formula is C23H18ClN3OS. The van der Waals surface area contributed by atoms with E-state index < -0.39 is 0 Å². The molecule has 1 heterocycles. The van der Waals surface area contributed by atoms with Crippen LogP contribution in [0.3, 0.4) is 0 Å². The SMILES string of the molecule is O=C(CSc1nc(-c2ccc(Cl)cc2)cn1-c1ccccc1)Nc1ccccc1. The van der Waals surface area contributed by atoms with Crippen molar-refractivity contribution >= 4 is 35.0 Å². The van der Waals surface area contributed by atoms with E-state index in [0.717, 1.165) is 27.8 Å². The van der Waals surface area contributed by atoms with Crippen LogP contribution >= 0.6 is 23.4 Å². The predicted molar refractivity (Wildman–Crippen MR) is 120 cm³/mol. The Labute approximate surface area is 178 Å². The molecule has 6 heteroatoms. The van der Waals surface area contributed by atoms with Gasteiger partial charge in [-0.15, -0.1) is 0 Å². The molecule has 0 saturated heterocycles. The maximum Gasteiger partial charge on any atom is 0.234 e. The van der Waals surface area contributed by atoms with Gasteiger partial charge in [0.2, 0.25) is 5.91 Å². The molecule has 0 saturated carbocycles. The van der Waals surface area contributed by atoms with Crippen molar-refractivity contribution in [2.45, 2.75) is 5.16 Å². The second kappa shape index (κ2) is 8.99. The summed E-state index contributed by atoms with van der Waals surface area (Å²) in [5.41, 5.74) is 3.58. The van der Waals surface area contributed by atoms with Gasteiger partial charge < -0.3 is 5.32 Å². The van der Waals surface area contributed by atoms with Crippen molar-refractivity contribution in [2.24, 2.45) is 0 Å². The smallest absolute Gasteiger partial charge is 0.234 e. The molecular weight excluding hydrogens is 402 g/mol. The number of amides is 1. The minimum absolute atomic E-state index is 0.0724. The molecule has 0 aliphatic rings. The average Bonchev–Trinajstić information content (AvgIpc) is 3.18. The van der Waals surface area contributed by atoms with Gasteiger partial charge in [-0.1, -0.05) is 71.9 Å². The van der Waals surface area contributed by atoms with E-state index in [1.807, 2.05) is 95.7 Å².